The molecule has 2 aromatic carbocycles. The first kappa shape index (κ1) is 19.2. The van der Waals surface area contributed by atoms with Crippen molar-refractivity contribution in [1.82, 2.24) is 19.7 Å². The van der Waals surface area contributed by atoms with Crippen LogP contribution in [0.4, 0.5) is 5.69 Å². The van der Waals surface area contributed by atoms with Crippen molar-refractivity contribution in [2.24, 2.45) is 0 Å². The zero-order valence-electron chi connectivity index (χ0n) is 16.1. The maximum Gasteiger partial charge on any atom is 0.238 e. The van der Waals surface area contributed by atoms with Crippen molar-refractivity contribution in [3.8, 4) is 5.69 Å². The monoisotopic (exact) mass is 407 g/mol. The van der Waals surface area contributed by atoms with Crippen LogP contribution in [-0.2, 0) is 9.59 Å². The van der Waals surface area contributed by atoms with Gasteiger partial charge in [0.25, 0.3) is 0 Å². The van der Waals surface area contributed by atoms with Gasteiger partial charge in [0, 0.05) is 18.4 Å². The molecule has 0 saturated carbocycles. The highest BCUT2D eigenvalue weighted by Crippen LogP contribution is 2.37. The average Bonchev–Trinajstić information content (AvgIpc) is 3.28. The van der Waals surface area contributed by atoms with Crippen molar-refractivity contribution < 1.29 is 9.59 Å². The smallest absolute Gasteiger partial charge is 0.238 e. The highest BCUT2D eigenvalue weighted by atomic mass is 32.2. The van der Waals surface area contributed by atoms with Crippen LogP contribution in [0.3, 0.4) is 0 Å². The van der Waals surface area contributed by atoms with E-state index in [-0.39, 0.29) is 24.3 Å². The van der Waals surface area contributed by atoms with Crippen LogP contribution in [0.5, 0.6) is 0 Å². The second kappa shape index (κ2) is 8.08. The summed E-state index contributed by atoms with van der Waals surface area (Å²) in [5.41, 5.74) is 2.72. The third-order valence-electron chi connectivity index (χ3n) is 5.10. The lowest BCUT2D eigenvalue weighted by molar-refractivity contribution is -0.133. The SMILES string of the molecule is CC(c1ccc(-n2cncn2)cc1)N(C)C(=O)CC1Sc2ccccc2NC1=O. The number of para-hydroxylation sites is 1. The number of nitrogens with zero attached hydrogens (tertiary/aromatic N) is 4. The Hall–Kier alpha value is -3.13. The number of fused-ring (bicyclic) bond motifs is 1. The molecule has 2 atom stereocenters. The predicted octanol–water partition coefficient (Wildman–Crippen LogP) is 3.29. The van der Waals surface area contributed by atoms with E-state index in [1.807, 2.05) is 55.5 Å². The van der Waals surface area contributed by atoms with Crippen molar-refractivity contribution in [3.05, 3.63) is 66.7 Å². The second-order valence-electron chi connectivity index (χ2n) is 6.91. The van der Waals surface area contributed by atoms with E-state index in [0.717, 1.165) is 21.8 Å². The molecule has 7 nitrogen and oxygen atoms in total. The lowest BCUT2D eigenvalue weighted by Crippen LogP contribution is -2.36. The summed E-state index contributed by atoms with van der Waals surface area (Å²) >= 11 is 1.44. The van der Waals surface area contributed by atoms with E-state index >= 15 is 0 Å². The fraction of sp³-hybridized carbons (Fsp3) is 0.238. The molecular weight excluding hydrogens is 386 g/mol. The zero-order valence-corrected chi connectivity index (χ0v) is 17.0. The summed E-state index contributed by atoms with van der Waals surface area (Å²) in [5, 5.41) is 6.58. The van der Waals surface area contributed by atoms with E-state index in [2.05, 4.69) is 15.4 Å². The molecule has 0 aliphatic carbocycles. The molecule has 1 aromatic heterocycles. The highest BCUT2D eigenvalue weighted by Gasteiger charge is 2.30. The number of hydrogen-bond donors (Lipinski definition) is 1. The molecule has 3 aromatic rings. The van der Waals surface area contributed by atoms with E-state index in [4.69, 9.17) is 0 Å². The lowest BCUT2D eigenvalue weighted by atomic mass is 10.1. The first-order chi connectivity index (χ1) is 14.0. The number of carbonyl (C=O) groups is 2. The Morgan fingerprint density at radius 2 is 2.00 bits per heavy atom. The lowest BCUT2D eigenvalue weighted by Gasteiger charge is -2.29. The van der Waals surface area contributed by atoms with Gasteiger partial charge in [-0.1, -0.05) is 24.3 Å². The molecule has 148 valence electrons. The molecule has 2 unspecified atom stereocenters. The Bertz CT molecular complexity index is 1020. The standard InChI is InChI=1S/C21H21N5O2S/c1-14(15-7-9-16(10-8-15)26-13-22-12-23-26)25(2)20(27)11-19-21(28)24-17-5-3-4-6-18(17)29-19/h3-10,12-14,19H,11H2,1-2H3,(H,24,28). The number of amides is 2. The number of thioether (sulfide) groups is 1. The van der Waals surface area contributed by atoms with Crippen LogP contribution < -0.4 is 5.32 Å². The normalized spacial score (nSPS) is 16.6. The summed E-state index contributed by atoms with van der Waals surface area (Å²) in [6.45, 7) is 1.98. The molecule has 1 aliphatic heterocycles. The Morgan fingerprint density at radius 1 is 1.24 bits per heavy atom. The van der Waals surface area contributed by atoms with Gasteiger partial charge < -0.3 is 10.2 Å². The molecule has 2 heterocycles. The van der Waals surface area contributed by atoms with Gasteiger partial charge in [0.2, 0.25) is 11.8 Å². The topological polar surface area (TPSA) is 80.1 Å². The number of nitrogens with one attached hydrogen (secondary N) is 1. The largest absolute Gasteiger partial charge is 0.339 e. The molecular formula is C21H21N5O2S. The summed E-state index contributed by atoms with van der Waals surface area (Å²) < 4.78 is 1.68. The van der Waals surface area contributed by atoms with Crippen molar-refractivity contribution in [2.75, 3.05) is 12.4 Å². The second-order valence-corrected chi connectivity index (χ2v) is 8.15. The first-order valence-electron chi connectivity index (χ1n) is 9.30. The van der Waals surface area contributed by atoms with Gasteiger partial charge in [-0.3, -0.25) is 9.59 Å². The summed E-state index contributed by atoms with van der Waals surface area (Å²) in [6, 6.07) is 15.4. The quantitative estimate of drug-likeness (QED) is 0.702. The van der Waals surface area contributed by atoms with Crippen LogP contribution in [0, 0.1) is 0 Å². The molecule has 1 N–H and O–H groups in total. The molecule has 2 amide bonds. The Balaban J connectivity index is 1.42. The van der Waals surface area contributed by atoms with Gasteiger partial charge >= 0.3 is 0 Å². The van der Waals surface area contributed by atoms with Gasteiger partial charge in [0.05, 0.1) is 22.7 Å². The minimum atomic E-state index is -0.429. The van der Waals surface area contributed by atoms with Gasteiger partial charge in [-0.15, -0.1) is 11.8 Å². The van der Waals surface area contributed by atoms with Crippen molar-refractivity contribution in [1.29, 1.82) is 0 Å². The Kier molecular flexibility index (Phi) is 5.35. The van der Waals surface area contributed by atoms with Crippen LogP contribution in [0.1, 0.15) is 24.9 Å². The summed E-state index contributed by atoms with van der Waals surface area (Å²) in [4.78, 5) is 31.9. The first-order valence-corrected chi connectivity index (χ1v) is 10.2. The van der Waals surface area contributed by atoms with Crippen molar-refractivity contribution in [2.45, 2.75) is 29.5 Å². The highest BCUT2D eigenvalue weighted by molar-refractivity contribution is 8.01. The average molecular weight is 407 g/mol. The summed E-state index contributed by atoms with van der Waals surface area (Å²) in [7, 11) is 1.78. The summed E-state index contributed by atoms with van der Waals surface area (Å²) in [5.74, 6) is -0.190. The number of hydrogen-bond acceptors (Lipinski definition) is 5. The maximum atomic E-state index is 12.8. The van der Waals surface area contributed by atoms with Crippen LogP contribution >= 0.6 is 11.8 Å². The molecule has 0 radical (unpaired) electrons. The van der Waals surface area contributed by atoms with E-state index in [9.17, 15) is 9.59 Å². The maximum absolute atomic E-state index is 12.8. The molecule has 8 heteroatoms. The molecule has 0 bridgehead atoms. The van der Waals surface area contributed by atoms with Gasteiger partial charge in [0.1, 0.15) is 12.7 Å². The Morgan fingerprint density at radius 3 is 2.72 bits per heavy atom. The van der Waals surface area contributed by atoms with Gasteiger partial charge in [0.15, 0.2) is 0 Å². The zero-order chi connectivity index (χ0) is 20.4. The van der Waals surface area contributed by atoms with E-state index in [1.165, 1.54) is 18.1 Å². The molecule has 0 spiro atoms. The van der Waals surface area contributed by atoms with Crippen LogP contribution in [-0.4, -0.2) is 43.8 Å². The fourth-order valence-electron chi connectivity index (χ4n) is 3.22. The molecule has 4 rings (SSSR count). The van der Waals surface area contributed by atoms with Crippen LogP contribution in [0.2, 0.25) is 0 Å². The van der Waals surface area contributed by atoms with Crippen LogP contribution in [0.25, 0.3) is 5.69 Å². The number of anilines is 1. The third-order valence-corrected chi connectivity index (χ3v) is 6.37. The minimum Gasteiger partial charge on any atom is -0.339 e. The minimum absolute atomic E-state index is 0.0649. The van der Waals surface area contributed by atoms with Gasteiger partial charge in [-0.05, 0) is 36.8 Å². The van der Waals surface area contributed by atoms with Crippen molar-refractivity contribution >= 4 is 29.3 Å². The van der Waals surface area contributed by atoms with Crippen molar-refractivity contribution in [3.63, 3.8) is 0 Å². The van der Waals surface area contributed by atoms with Gasteiger partial charge in [-0.25, -0.2) is 9.67 Å². The number of rotatable bonds is 5. The van der Waals surface area contributed by atoms with E-state index in [1.54, 1.807) is 23.0 Å². The van der Waals surface area contributed by atoms with E-state index < -0.39 is 5.25 Å². The Labute approximate surface area is 173 Å². The predicted molar refractivity (Wildman–Crippen MR) is 112 cm³/mol. The van der Waals surface area contributed by atoms with Gasteiger partial charge in [-0.2, -0.15) is 5.10 Å². The molecule has 0 saturated heterocycles. The molecule has 29 heavy (non-hydrogen) atoms. The van der Waals surface area contributed by atoms with E-state index in [0.29, 0.717) is 0 Å². The number of aromatic nitrogens is 3. The molecule has 1 aliphatic rings. The number of carbonyl (C=O) groups excluding carboxylic acids is 2. The summed E-state index contributed by atoms with van der Waals surface area (Å²) in [6.07, 6.45) is 3.28. The molecule has 0 fully saturated rings. The van der Waals surface area contributed by atoms with Crippen LogP contribution in [0.15, 0.2) is 66.1 Å². The fourth-order valence-corrected chi connectivity index (χ4v) is 4.32. The third kappa shape index (κ3) is 4.02. The number of benzene rings is 2.